The molecule has 0 aliphatic rings. The summed E-state index contributed by atoms with van der Waals surface area (Å²) >= 11 is 0. The molecule has 0 amide bonds. The van der Waals surface area contributed by atoms with Crippen LogP contribution in [-0.2, 0) is 0 Å². The molecule has 0 unspecified atom stereocenters. The molecule has 2 heteroatoms. The highest BCUT2D eigenvalue weighted by Gasteiger charge is 1.91. The Morgan fingerprint density at radius 2 is 1.33 bits per heavy atom. The molecule has 12 heavy (non-hydrogen) atoms. The van der Waals surface area contributed by atoms with Crippen molar-refractivity contribution >= 4 is 12.2 Å². The highest BCUT2D eigenvalue weighted by Crippen LogP contribution is 2.06. The number of aromatic nitrogens is 2. The third-order valence-corrected chi connectivity index (χ3v) is 1.23. The van der Waals surface area contributed by atoms with Crippen molar-refractivity contribution in [3.8, 4) is 0 Å². The summed E-state index contributed by atoms with van der Waals surface area (Å²) in [6, 6.07) is 0. The lowest BCUT2D eigenvalue weighted by atomic mass is 10.2. The van der Waals surface area contributed by atoms with Crippen LogP contribution in [0.25, 0.3) is 12.2 Å². The zero-order valence-electron chi connectivity index (χ0n) is 7.62. The second-order valence-corrected chi connectivity index (χ2v) is 1.81. The van der Waals surface area contributed by atoms with Crippen molar-refractivity contribution in [2.24, 2.45) is 0 Å². The van der Waals surface area contributed by atoms with Gasteiger partial charge in [-0.2, -0.15) is 10.2 Å². The summed E-state index contributed by atoms with van der Waals surface area (Å²) in [4.78, 5) is 0. The highest BCUT2D eigenvalue weighted by atomic mass is 15.1. The third-order valence-electron chi connectivity index (χ3n) is 1.23. The Bertz CT molecular complexity index is 227. The van der Waals surface area contributed by atoms with E-state index in [1.54, 1.807) is 24.5 Å². The first kappa shape index (κ1) is 10.6. The summed E-state index contributed by atoms with van der Waals surface area (Å²) in [7, 11) is 0. The Kier molecular flexibility index (Phi) is 5.53. The van der Waals surface area contributed by atoms with Crippen molar-refractivity contribution in [3.05, 3.63) is 36.7 Å². The molecule has 0 saturated carbocycles. The Balaban J connectivity index is 0.000000561. The quantitative estimate of drug-likeness (QED) is 0.668. The molecule has 0 aromatic carbocycles. The van der Waals surface area contributed by atoms with E-state index in [-0.39, 0.29) is 0 Å². The van der Waals surface area contributed by atoms with Gasteiger partial charge in [-0.05, 0) is 0 Å². The molecule has 1 aromatic heterocycles. The van der Waals surface area contributed by atoms with Crippen LogP contribution in [-0.4, -0.2) is 10.2 Å². The molecule has 0 fully saturated rings. The minimum absolute atomic E-state index is 0.963. The first-order valence-electron chi connectivity index (χ1n) is 3.94. The molecule has 0 aliphatic heterocycles. The van der Waals surface area contributed by atoms with Gasteiger partial charge in [0.2, 0.25) is 0 Å². The van der Waals surface area contributed by atoms with Gasteiger partial charge in [0.15, 0.2) is 0 Å². The second-order valence-electron chi connectivity index (χ2n) is 1.81. The second kappa shape index (κ2) is 6.28. The minimum Gasteiger partial charge on any atom is -0.158 e. The number of nitrogens with zero attached hydrogens (tertiary/aromatic N) is 2. The van der Waals surface area contributed by atoms with Crippen LogP contribution in [0, 0.1) is 0 Å². The van der Waals surface area contributed by atoms with Crippen LogP contribution in [0.3, 0.4) is 0 Å². The normalized spacial score (nSPS) is 7.83. The van der Waals surface area contributed by atoms with Gasteiger partial charge in [-0.15, -0.1) is 0 Å². The van der Waals surface area contributed by atoms with Crippen molar-refractivity contribution in [1.29, 1.82) is 0 Å². The van der Waals surface area contributed by atoms with Crippen molar-refractivity contribution in [2.45, 2.75) is 13.8 Å². The average Bonchev–Trinajstić information content (AvgIpc) is 2.20. The third kappa shape index (κ3) is 2.66. The van der Waals surface area contributed by atoms with Gasteiger partial charge in [-0.3, -0.25) is 0 Å². The first-order chi connectivity index (χ1) is 5.88. The number of hydrogen-bond acceptors (Lipinski definition) is 2. The standard InChI is InChI=1S/C8H8N2.C2H6/c1-3-7-5-9-10-6-8(7)4-2;1-2/h3-6H,1-2H2;1-2H3. The van der Waals surface area contributed by atoms with E-state index in [4.69, 9.17) is 0 Å². The van der Waals surface area contributed by atoms with E-state index in [2.05, 4.69) is 23.4 Å². The largest absolute Gasteiger partial charge is 0.158 e. The van der Waals surface area contributed by atoms with Crippen LogP contribution < -0.4 is 0 Å². The van der Waals surface area contributed by atoms with Gasteiger partial charge < -0.3 is 0 Å². The Hall–Kier alpha value is -1.44. The average molecular weight is 162 g/mol. The van der Waals surface area contributed by atoms with Crippen molar-refractivity contribution in [2.75, 3.05) is 0 Å². The van der Waals surface area contributed by atoms with Gasteiger partial charge in [0.25, 0.3) is 0 Å². The van der Waals surface area contributed by atoms with Gasteiger partial charge in [0, 0.05) is 11.1 Å². The summed E-state index contributed by atoms with van der Waals surface area (Å²) in [6.07, 6.45) is 6.77. The molecule has 1 heterocycles. The Morgan fingerprint density at radius 3 is 1.58 bits per heavy atom. The lowest BCUT2D eigenvalue weighted by Crippen LogP contribution is -1.85. The Labute approximate surface area is 73.7 Å². The molecule has 2 nitrogen and oxygen atoms in total. The summed E-state index contributed by atoms with van der Waals surface area (Å²) in [5, 5.41) is 7.39. The smallest absolute Gasteiger partial charge is 0.0574 e. The molecule has 64 valence electrons. The maximum absolute atomic E-state index is 3.70. The number of hydrogen-bond donors (Lipinski definition) is 0. The Morgan fingerprint density at radius 1 is 1.00 bits per heavy atom. The van der Waals surface area contributed by atoms with E-state index in [1.165, 1.54) is 0 Å². The molecule has 0 aliphatic carbocycles. The van der Waals surface area contributed by atoms with Crippen molar-refractivity contribution in [1.82, 2.24) is 10.2 Å². The maximum atomic E-state index is 3.70. The monoisotopic (exact) mass is 162 g/mol. The van der Waals surface area contributed by atoms with Crippen LogP contribution in [0.15, 0.2) is 25.6 Å². The van der Waals surface area contributed by atoms with Crippen LogP contribution in [0.2, 0.25) is 0 Å². The van der Waals surface area contributed by atoms with E-state index >= 15 is 0 Å². The predicted octanol–water partition coefficient (Wildman–Crippen LogP) is 2.79. The number of rotatable bonds is 2. The lowest BCUT2D eigenvalue weighted by molar-refractivity contribution is 1.02. The molecule has 0 atom stereocenters. The summed E-state index contributed by atoms with van der Waals surface area (Å²) in [5.74, 6) is 0. The van der Waals surface area contributed by atoms with Crippen molar-refractivity contribution in [3.63, 3.8) is 0 Å². The van der Waals surface area contributed by atoms with Gasteiger partial charge in [-0.1, -0.05) is 39.2 Å². The fourth-order valence-electron chi connectivity index (χ4n) is 0.681. The molecular weight excluding hydrogens is 148 g/mol. The maximum Gasteiger partial charge on any atom is 0.0574 e. The van der Waals surface area contributed by atoms with Gasteiger partial charge in [0.1, 0.15) is 0 Å². The lowest BCUT2D eigenvalue weighted by Gasteiger charge is -1.94. The summed E-state index contributed by atoms with van der Waals surface area (Å²) < 4.78 is 0. The SMILES string of the molecule is C=Cc1cnncc1C=C.CC. The fourth-order valence-corrected chi connectivity index (χ4v) is 0.681. The van der Waals surface area contributed by atoms with Crippen molar-refractivity contribution < 1.29 is 0 Å². The predicted molar refractivity (Wildman–Crippen MR) is 53.6 cm³/mol. The van der Waals surface area contributed by atoms with Gasteiger partial charge in [0.05, 0.1) is 12.4 Å². The van der Waals surface area contributed by atoms with Crippen LogP contribution in [0.4, 0.5) is 0 Å². The topological polar surface area (TPSA) is 25.8 Å². The highest BCUT2D eigenvalue weighted by molar-refractivity contribution is 5.61. The zero-order valence-corrected chi connectivity index (χ0v) is 7.62. The summed E-state index contributed by atoms with van der Waals surface area (Å²) in [6.45, 7) is 11.2. The van der Waals surface area contributed by atoms with E-state index in [0.29, 0.717) is 0 Å². The molecule has 0 bridgehead atoms. The molecule has 0 radical (unpaired) electrons. The fraction of sp³-hybridized carbons (Fsp3) is 0.200. The van der Waals surface area contributed by atoms with E-state index in [1.807, 2.05) is 13.8 Å². The molecule has 1 aromatic rings. The van der Waals surface area contributed by atoms with Gasteiger partial charge in [-0.25, -0.2) is 0 Å². The van der Waals surface area contributed by atoms with E-state index < -0.39 is 0 Å². The first-order valence-corrected chi connectivity index (χ1v) is 3.94. The molecular formula is C10H14N2. The molecule has 0 saturated heterocycles. The molecule has 0 spiro atoms. The van der Waals surface area contributed by atoms with Crippen LogP contribution in [0.1, 0.15) is 25.0 Å². The van der Waals surface area contributed by atoms with Crippen LogP contribution in [0.5, 0.6) is 0 Å². The molecule has 0 N–H and O–H groups in total. The van der Waals surface area contributed by atoms with E-state index in [9.17, 15) is 0 Å². The molecule has 1 rings (SSSR count). The zero-order chi connectivity index (χ0) is 9.40. The summed E-state index contributed by atoms with van der Waals surface area (Å²) in [5.41, 5.74) is 1.93. The van der Waals surface area contributed by atoms with E-state index in [0.717, 1.165) is 11.1 Å². The van der Waals surface area contributed by atoms with Crippen LogP contribution >= 0.6 is 0 Å². The van der Waals surface area contributed by atoms with Gasteiger partial charge >= 0.3 is 0 Å². The minimum atomic E-state index is 0.963.